The van der Waals surface area contributed by atoms with Crippen LogP contribution in [0.4, 0.5) is 11.8 Å². The van der Waals surface area contributed by atoms with Crippen LogP contribution < -0.4 is 11.1 Å². The van der Waals surface area contributed by atoms with Crippen molar-refractivity contribution in [3.63, 3.8) is 0 Å². The van der Waals surface area contributed by atoms with Crippen molar-refractivity contribution in [3.8, 4) is 0 Å². The molecule has 19 heavy (non-hydrogen) atoms. The van der Waals surface area contributed by atoms with Crippen molar-refractivity contribution in [1.82, 2.24) is 15.0 Å². The summed E-state index contributed by atoms with van der Waals surface area (Å²) in [6.45, 7) is 2.10. The summed E-state index contributed by atoms with van der Waals surface area (Å²) in [7, 11) is 0. The Balaban J connectivity index is 2.41. The molecule has 7 heteroatoms. The Bertz CT molecular complexity index is 572. The van der Waals surface area contributed by atoms with Crippen molar-refractivity contribution in [1.29, 1.82) is 0 Å². The number of nitrogens with zero attached hydrogens (tertiary/aromatic N) is 3. The molecule has 0 amide bonds. The first-order valence-corrected chi connectivity index (χ1v) is 6.89. The van der Waals surface area contributed by atoms with Gasteiger partial charge in [-0.25, -0.2) is 9.97 Å². The molecular weight excluding hydrogens is 310 g/mol. The molecular formula is C12H16BrN5O. The highest BCUT2D eigenvalue weighted by Crippen LogP contribution is 2.22. The third-order valence-electron chi connectivity index (χ3n) is 2.72. The molecule has 0 saturated heterocycles. The summed E-state index contributed by atoms with van der Waals surface area (Å²) in [5.74, 6) is 0.741. The number of nitrogen functional groups attached to an aromatic ring is 1. The number of hydrogen-bond acceptors (Lipinski definition) is 6. The summed E-state index contributed by atoms with van der Waals surface area (Å²) in [5.41, 5.74) is 7.01. The molecule has 6 nitrogen and oxygen atoms in total. The molecule has 0 bridgehead atoms. The molecule has 0 aliphatic heterocycles. The largest absolute Gasteiger partial charge is 0.394 e. The lowest BCUT2D eigenvalue weighted by Gasteiger charge is -2.17. The summed E-state index contributed by atoms with van der Waals surface area (Å²) >= 11 is 3.35. The molecule has 0 aliphatic carbocycles. The summed E-state index contributed by atoms with van der Waals surface area (Å²) in [4.78, 5) is 12.6. The predicted octanol–water partition coefficient (Wildman–Crippen LogP) is 1.94. The Morgan fingerprint density at radius 2 is 2.26 bits per heavy atom. The minimum Gasteiger partial charge on any atom is -0.394 e. The lowest BCUT2D eigenvalue weighted by atomic mass is 10.2. The van der Waals surface area contributed by atoms with Gasteiger partial charge >= 0.3 is 0 Å². The van der Waals surface area contributed by atoms with E-state index in [1.807, 2.05) is 6.07 Å². The molecule has 0 spiro atoms. The van der Waals surface area contributed by atoms with Crippen LogP contribution in [0.1, 0.15) is 19.8 Å². The summed E-state index contributed by atoms with van der Waals surface area (Å²) in [5, 5.41) is 12.5. The highest BCUT2D eigenvalue weighted by molar-refractivity contribution is 9.10. The average Bonchev–Trinajstić information content (AvgIpc) is 2.37. The standard InChI is InChI=1S/C12H16BrN5O/c1-2-3-8(6-19)16-11-10-9(17-12(14)18-11)4-7(13)5-15-10/h4-5,8,19H,2-3,6H2,1H3,(H3,14,16,17,18)/t8-/m0/s1. The van der Waals surface area contributed by atoms with Crippen LogP contribution in [-0.4, -0.2) is 32.7 Å². The summed E-state index contributed by atoms with van der Waals surface area (Å²) < 4.78 is 0.830. The van der Waals surface area contributed by atoms with Crippen LogP contribution in [-0.2, 0) is 0 Å². The van der Waals surface area contributed by atoms with Crippen LogP contribution in [0.3, 0.4) is 0 Å². The summed E-state index contributed by atoms with van der Waals surface area (Å²) in [6, 6.07) is 1.77. The van der Waals surface area contributed by atoms with Crippen LogP contribution in [0.5, 0.6) is 0 Å². The number of hydrogen-bond donors (Lipinski definition) is 3. The number of nitrogens with two attached hydrogens (primary N) is 1. The number of pyridine rings is 1. The Morgan fingerprint density at radius 1 is 1.47 bits per heavy atom. The minimum atomic E-state index is -0.0621. The van der Waals surface area contributed by atoms with Crippen LogP contribution >= 0.6 is 15.9 Å². The van der Waals surface area contributed by atoms with Crippen molar-refractivity contribution in [2.45, 2.75) is 25.8 Å². The van der Waals surface area contributed by atoms with Crippen LogP contribution in [0.25, 0.3) is 11.0 Å². The summed E-state index contributed by atoms with van der Waals surface area (Å²) in [6.07, 6.45) is 3.50. The van der Waals surface area contributed by atoms with E-state index in [4.69, 9.17) is 5.73 Å². The third-order valence-corrected chi connectivity index (χ3v) is 3.15. The van der Waals surface area contributed by atoms with Gasteiger partial charge in [-0.2, -0.15) is 4.98 Å². The molecule has 0 fully saturated rings. The number of halogens is 1. The zero-order valence-corrected chi connectivity index (χ0v) is 12.2. The van der Waals surface area contributed by atoms with E-state index in [9.17, 15) is 5.11 Å². The maximum absolute atomic E-state index is 9.34. The SMILES string of the molecule is CCC[C@@H](CO)Nc1nc(N)nc2cc(Br)cnc12. The van der Waals surface area contributed by atoms with E-state index in [1.54, 1.807) is 6.20 Å². The first-order valence-electron chi connectivity index (χ1n) is 6.10. The second kappa shape index (κ2) is 6.12. The molecule has 102 valence electrons. The van der Waals surface area contributed by atoms with Crippen LogP contribution in [0.15, 0.2) is 16.7 Å². The molecule has 0 radical (unpaired) electrons. The average molecular weight is 326 g/mol. The van der Waals surface area contributed by atoms with Crippen molar-refractivity contribution in [3.05, 3.63) is 16.7 Å². The van der Waals surface area contributed by atoms with Crippen molar-refractivity contribution in [2.75, 3.05) is 17.7 Å². The van der Waals surface area contributed by atoms with Crippen molar-refractivity contribution in [2.24, 2.45) is 0 Å². The molecule has 2 heterocycles. The second-order valence-corrected chi connectivity index (χ2v) is 5.18. The molecule has 0 saturated carbocycles. The van der Waals surface area contributed by atoms with Crippen LogP contribution in [0, 0.1) is 0 Å². The Kier molecular flexibility index (Phi) is 4.49. The number of anilines is 2. The van der Waals surface area contributed by atoms with Crippen molar-refractivity contribution >= 4 is 38.7 Å². The number of fused-ring (bicyclic) bond motifs is 1. The second-order valence-electron chi connectivity index (χ2n) is 4.26. The maximum Gasteiger partial charge on any atom is 0.222 e. The fourth-order valence-corrected chi connectivity index (χ4v) is 2.18. The van der Waals surface area contributed by atoms with Gasteiger partial charge < -0.3 is 16.2 Å². The monoisotopic (exact) mass is 325 g/mol. The van der Waals surface area contributed by atoms with Gasteiger partial charge in [0.1, 0.15) is 5.52 Å². The number of aliphatic hydroxyl groups excluding tert-OH is 1. The first kappa shape index (κ1) is 14.0. The quantitative estimate of drug-likeness (QED) is 0.777. The minimum absolute atomic E-state index is 0.0375. The number of aliphatic hydroxyl groups is 1. The zero-order chi connectivity index (χ0) is 13.8. The highest BCUT2D eigenvalue weighted by Gasteiger charge is 2.12. The smallest absolute Gasteiger partial charge is 0.222 e. The van der Waals surface area contributed by atoms with E-state index < -0.39 is 0 Å². The van der Waals surface area contributed by atoms with Gasteiger partial charge in [-0.05, 0) is 28.4 Å². The van der Waals surface area contributed by atoms with E-state index in [0.29, 0.717) is 16.9 Å². The molecule has 0 aliphatic rings. The molecule has 2 aromatic heterocycles. The molecule has 0 aromatic carbocycles. The normalized spacial score (nSPS) is 12.6. The van der Waals surface area contributed by atoms with E-state index in [2.05, 4.69) is 43.1 Å². The first-order chi connectivity index (χ1) is 9.13. The maximum atomic E-state index is 9.34. The lowest BCUT2D eigenvalue weighted by molar-refractivity contribution is 0.268. The Morgan fingerprint density at radius 3 is 2.95 bits per heavy atom. The third kappa shape index (κ3) is 3.30. The Hall–Kier alpha value is -1.47. The number of aromatic nitrogens is 3. The molecule has 2 aromatic rings. The van der Waals surface area contributed by atoms with E-state index in [1.165, 1.54) is 0 Å². The van der Waals surface area contributed by atoms with Gasteiger partial charge in [-0.15, -0.1) is 0 Å². The van der Waals surface area contributed by atoms with Gasteiger partial charge in [0.2, 0.25) is 5.95 Å². The van der Waals surface area contributed by atoms with Crippen LogP contribution in [0.2, 0.25) is 0 Å². The highest BCUT2D eigenvalue weighted by atomic mass is 79.9. The number of nitrogens with one attached hydrogen (secondary N) is 1. The van der Waals surface area contributed by atoms with Gasteiger partial charge in [-0.3, -0.25) is 0 Å². The topological polar surface area (TPSA) is 97.0 Å². The lowest BCUT2D eigenvalue weighted by Crippen LogP contribution is -2.24. The fraction of sp³-hybridized carbons (Fsp3) is 0.417. The molecule has 0 unspecified atom stereocenters. The van der Waals surface area contributed by atoms with Gasteiger partial charge in [0.15, 0.2) is 5.82 Å². The Labute approximate surface area is 119 Å². The zero-order valence-electron chi connectivity index (χ0n) is 10.6. The van der Waals surface area contributed by atoms with Gasteiger partial charge in [0.25, 0.3) is 0 Å². The van der Waals surface area contributed by atoms with E-state index in [0.717, 1.165) is 17.3 Å². The molecule has 2 rings (SSSR count). The van der Waals surface area contributed by atoms with E-state index in [-0.39, 0.29) is 18.6 Å². The fourth-order valence-electron chi connectivity index (χ4n) is 1.86. The van der Waals surface area contributed by atoms with Crippen molar-refractivity contribution < 1.29 is 5.11 Å². The van der Waals surface area contributed by atoms with E-state index >= 15 is 0 Å². The molecule has 1 atom stereocenters. The predicted molar refractivity (Wildman–Crippen MR) is 78.8 cm³/mol. The molecule has 4 N–H and O–H groups in total. The number of rotatable bonds is 5. The van der Waals surface area contributed by atoms with Gasteiger partial charge in [0.05, 0.1) is 18.2 Å². The van der Waals surface area contributed by atoms with Gasteiger partial charge in [0, 0.05) is 10.7 Å². The van der Waals surface area contributed by atoms with Gasteiger partial charge in [-0.1, -0.05) is 13.3 Å².